The van der Waals surface area contributed by atoms with Gasteiger partial charge in [-0.3, -0.25) is 4.79 Å². The summed E-state index contributed by atoms with van der Waals surface area (Å²) < 4.78 is 11.2. The second-order valence-electron chi connectivity index (χ2n) is 5.32. The molecule has 0 aliphatic carbocycles. The molecule has 3 rings (SSSR count). The highest BCUT2D eigenvalue weighted by atomic mass is 16.5. The van der Waals surface area contributed by atoms with E-state index in [9.17, 15) is 4.79 Å². The molecular formula is C18H19NO3. The van der Waals surface area contributed by atoms with Gasteiger partial charge in [0, 0.05) is 12.0 Å². The Morgan fingerprint density at radius 2 is 1.77 bits per heavy atom. The molecule has 0 spiro atoms. The number of carbonyl (C=O) groups is 1. The van der Waals surface area contributed by atoms with Crippen molar-refractivity contribution in [2.24, 2.45) is 0 Å². The van der Waals surface area contributed by atoms with Gasteiger partial charge in [-0.25, -0.2) is 0 Å². The van der Waals surface area contributed by atoms with Crippen LogP contribution < -0.4 is 14.8 Å². The Morgan fingerprint density at radius 1 is 1.05 bits per heavy atom. The number of hydrogen-bond acceptors (Lipinski definition) is 3. The van der Waals surface area contributed by atoms with Crippen LogP contribution in [0.15, 0.2) is 48.5 Å². The van der Waals surface area contributed by atoms with Crippen LogP contribution in [0, 0.1) is 0 Å². The predicted octanol–water partition coefficient (Wildman–Crippen LogP) is 3.34. The molecule has 0 bridgehead atoms. The minimum atomic E-state index is -0.119. The van der Waals surface area contributed by atoms with Crippen molar-refractivity contribution in [3.63, 3.8) is 0 Å². The van der Waals surface area contributed by atoms with Crippen molar-refractivity contribution in [2.75, 3.05) is 13.2 Å². The fourth-order valence-electron chi connectivity index (χ4n) is 2.41. The molecule has 4 heteroatoms. The number of ether oxygens (including phenoxy) is 2. The van der Waals surface area contributed by atoms with Crippen molar-refractivity contribution in [1.82, 2.24) is 5.32 Å². The van der Waals surface area contributed by atoms with E-state index in [-0.39, 0.29) is 11.9 Å². The number of carbonyl (C=O) groups excluding carboxylic acids is 1. The molecule has 2 aromatic rings. The number of fused-ring (bicyclic) bond motifs is 1. The van der Waals surface area contributed by atoms with Crippen LogP contribution in [0.5, 0.6) is 11.5 Å². The van der Waals surface area contributed by atoms with Gasteiger partial charge in [-0.2, -0.15) is 0 Å². The van der Waals surface area contributed by atoms with E-state index in [1.807, 2.05) is 37.3 Å². The first-order chi connectivity index (χ1) is 10.7. The van der Waals surface area contributed by atoms with Gasteiger partial charge in [0.05, 0.1) is 19.3 Å². The Kier molecular flexibility index (Phi) is 4.28. The molecule has 1 amide bonds. The fourth-order valence-corrected chi connectivity index (χ4v) is 2.41. The van der Waals surface area contributed by atoms with Crippen LogP contribution in [0.2, 0.25) is 0 Å². The summed E-state index contributed by atoms with van der Waals surface area (Å²) in [5.41, 5.74) is 1.65. The van der Waals surface area contributed by atoms with Gasteiger partial charge < -0.3 is 14.8 Å². The van der Waals surface area contributed by atoms with E-state index in [0.29, 0.717) is 30.3 Å². The fraction of sp³-hybridized carbons (Fsp3) is 0.278. The molecule has 22 heavy (non-hydrogen) atoms. The lowest BCUT2D eigenvalue weighted by molar-refractivity contribution is 0.0939. The molecular weight excluding hydrogens is 278 g/mol. The zero-order chi connectivity index (χ0) is 15.4. The monoisotopic (exact) mass is 297 g/mol. The summed E-state index contributed by atoms with van der Waals surface area (Å²) in [6.45, 7) is 3.22. The number of benzene rings is 2. The maximum atomic E-state index is 12.4. The molecule has 0 saturated heterocycles. The van der Waals surface area contributed by atoms with Crippen LogP contribution in [0.1, 0.15) is 35.3 Å². The van der Waals surface area contributed by atoms with Crippen molar-refractivity contribution < 1.29 is 14.3 Å². The second-order valence-corrected chi connectivity index (χ2v) is 5.32. The molecule has 0 fully saturated rings. The van der Waals surface area contributed by atoms with Gasteiger partial charge in [0.15, 0.2) is 11.5 Å². The minimum Gasteiger partial charge on any atom is -0.490 e. The standard InChI is InChI=1S/C18H19NO3/c1-13(14-6-3-2-4-7-14)19-18(20)15-8-9-16-17(12-15)22-11-5-10-21-16/h2-4,6-9,12-13H,5,10-11H2,1H3,(H,19,20). The highest BCUT2D eigenvalue weighted by molar-refractivity contribution is 5.95. The molecule has 1 aliphatic heterocycles. The van der Waals surface area contributed by atoms with E-state index in [2.05, 4.69) is 5.32 Å². The first kappa shape index (κ1) is 14.4. The summed E-state index contributed by atoms with van der Waals surface area (Å²) in [6.07, 6.45) is 0.848. The Bertz CT molecular complexity index is 655. The van der Waals surface area contributed by atoms with Gasteiger partial charge in [-0.1, -0.05) is 30.3 Å². The Balaban J connectivity index is 1.74. The van der Waals surface area contributed by atoms with Gasteiger partial charge >= 0.3 is 0 Å². The van der Waals surface area contributed by atoms with Gasteiger partial charge in [0.2, 0.25) is 0 Å². The molecule has 0 saturated carbocycles. The van der Waals surface area contributed by atoms with Crippen LogP contribution in [0.3, 0.4) is 0 Å². The van der Waals surface area contributed by atoms with Gasteiger partial charge in [0.25, 0.3) is 5.91 Å². The third-order valence-corrected chi connectivity index (χ3v) is 3.66. The quantitative estimate of drug-likeness (QED) is 0.945. The summed E-state index contributed by atoms with van der Waals surface area (Å²) in [6, 6.07) is 15.1. The van der Waals surface area contributed by atoms with Gasteiger partial charge in [-0.05, 0) is 30.7 Å². The molecule has 1 heterocycles. The molecule has 0 radical (unpaired) electrons. The largest absolute Gasteiger partial charge is 0.490 e. The van der Waals surface area contributed by atoms with Gasteiger partial charge in [-0.15, -0.1) is 0 Å². The summed E-state index contributed by atoms with van der Waals surface area (Å²) >= 11 is 0. The number of nitrogens with one attached hydrogen (secondary N) is 1. The maximum Gasteiger partial charge on any atom is 0.251 e. The van der Waals surface area contributed by atoms with E-state index in [4.69, 9.17) is 9.47 Å². The zero-order valence-electron chi connectivity index (χ0n) is 12.5. The van der Waals surface area contributed by atoms with Gasteiger partial charge in [0.1, 0.15) is 0 Å². The molecule has 2 aromatic carbocycles. The van der Waals surface area contributed by atoms with E-state index >= 15 is 0 Å². The molecule has 4 nitrogen and oxygen atoms in total. The Morgan fingerprint density at radius 3 is 2.55 bits per heavy atom. The number of rotatable bonds is 3. The van der Waals surface area contributed by atoms with Crippen molar-refractivity contribution in [1.29, 1.82) is 0 Å². The van der Waals surface area contributed by atoms with Crippen LogP contribution in [0.4, 0.5) is 0 Å². The minimum absolute atomic E-state index is 0.0512. The van der Waals surface area contributed by atoms with E-state index in [1.165, 1.54) is 0 Å². The second kappa shape index (κ2) is 6.52. The average Bonchev–Trinajstić information content (AvgIpc) is 2.80. The summed E-state index contributed by atoms with van der Waals surface area (Å²) in [5.74, 6) is 1.22. The number of hydrogen-bond donors (Lipinski definition) is 1. The predicted molar refractivity (Wildman–Crippen MR) is 84.4 cm³/mol. The first-order valence-corrected chi connectivity index (χ1v) is 7.49. The van der Waals surface area contributed by atoms with E-state index < -0.39 is 0 Å². The van der Waals surface area contributed by atoms with E-state index in [0.717, 1.165) is 12.0 Å². The summed E-state index contributed by atoms with van der Waals surface area (Å²) in [4.78, 5) is 12.4. The highest BCUT2D eigenvalue weighted by Crippen LogP contribution is 2.30. The lowest BCUT2D eigenvalue weighted by atomic mass is 10.1. The van der Waals surface area contributed by atoms with Crippen molar-refractivity contribution >= 4 is 5.91 Å². The highest BCUT2D eigenvalue weighted by Gasteiger charge is 2.16. The van der Waals surface area contributed by atoms with Crippen LogP contribution in [0.25, 0.3) is 0 Å². The molecule has 1 unspecified atom stereocenters. The topological polar surface area (TPSA) is 47.6 Å². The SMILES string of the molecule is CC(NC(=O)c1ccc2c(c1)OCCCO2)c1ccccc1. The van der Waals surface area contributed by atoms with Crippen LogP contribution in [-0.2, 0) is 0 Å². The Labute approximate surface area is 130 Å². The third kappa shape index (κ3) is 3.22. The Hall–Kier alpha value is -2.49. The molecule has 1 aliphatic rings. The first-order valence-electron chi connectivity index (χ1n) is 7.49. The summed E-state index contributed by atoms with van der Waals surface area (Å²) in [7, 11) is 0. The van der Waals surface area contributed by atoms with Crippen LogP contribution in [-0.4, -0.2) is 19.1 Å². The molecule has 1 N–H and O–H groups in total. The molecule has 0 aromatic heterocycles. The average molecular weight is 297 g/mol. The zero-order valence-corrected chi connectivity index (χ0v) is 12.5. The van der Waals surface area contributed by atoms with Crippen molar-refractivity contribution in [3.05, 3.63) is 59.7 Å². The summed E-state index contributed by atoms with van der Waals surface area (Å²) in [5, 5.41) is 3.00. The normalized spacial score (nSPS) is 14.8. The smallest absolute Gasteiger partial charge is 0.251 e. The number of amides is 1. The van der Waals surface area contributed by atoms with Crippen molar-refractivity contribution in [3.8, 4) is 11.5 Å². The van der Waals surface area contributed by atoms with Crippen LogP contribution >= 0.6 is 0 Å². The molecule has 114 valence electrons. The lowest BCUT2D eigenvalue weighted by Crippen LogP contribution is -2.26. The third-order valence-electron chi connectivity index (χ3n) is 3.66. The van der Waals surface area contributed by atoms with E-state index in [1.54, 1.807) is 18.2 Å². The molecule has 1 atom stereocenters. The van der Waals surface area contributed by atoms with Crippen molar-refractivity contribution in [2.45, 2.75) is 19.4 Å². The lowest BCUT2D eigenvalue weighted by Gasteiger charge is -2.15. The maximum absolute atomic E-state index is 12.4.